The van der Waals surface area contributed by atoms with Crippen LogP contribution in [-0.2, 0) is 17.4 Å². The first-order chi connectivity index (χ1) is 9.38. The highest BCUT2D eigenvalue weighted by molar-refractivity contribution is 5.80. The van der Waals surface area contributed by atoms with Crippen molar-refractivity contribution in [1.29, 1.82) is 0 Å². The third kappa shape index (κ3) is 3.17. The number of hydrogen-bond donors (Lipinski definition) is 1. The maximum absolute atomic E-state index is 12.7. The number of alkyl halides is 3. The minimum absolute atomic E-state index is 0.00752. The molecule has 0 saturated heterocycles. The molecule has 2 aromatic rings. The Labute approximate surface area is 114 Å². The lowest BCUT2D eigenvalue weighted by Gasteiger charge is -2.11. The van der Waals surface area contributed by atoms with Crippen LogP contribution >= 0.6 is 0 Å². The standard InChI is InChI=1S/C15H12F3NO/c16-15(17,18)12-6-3-5-10(8-12)13-7-2-1-4-11(13)9-14(19)20/h1-8H,9H2,(H2,19,20). The van der Waals surface area contributed by atoms with Crippen molar-refractivity contribution in [1.82, 2.24) is 0 Å². The Hall–Kier alpha value is -2.30. The van der Waals surface area contributed by atoms with E-state index in [9.17, 15) is 18.0 Å². The highest BCUT2D eigenvalue weighted by Gasteiger charge is 2.30. The maximum Gasteiger partial charge on any atom is 0.416 e. The lowest BCUT2D eigenvalue weighted by Crippen LogP contribution is -2.14. The van der Waals surface area contributed by atoms with Crippen LogP contribution < -0.4 is 5.73 Å². The molecular weight excluding hydrogens is 267 g/mol. The smallest absolute Gasteiger partial charge is 0.369 e. The summed E-state index contributed by atoms with van der Waals surface area (Å²) in [6.45, 7) is 0. The number of rotatable bonds is 3. The monoisotopic (exact) mass is 279 g/mol. The highest BCUT2D eigenvalue weighted by atomic mass is 19.4. The second kappa shape index (κ2) is 5.36. The van der Waals surface area contributed by atoms with Crippen molar-refractivity contribution in [3.05, 3.63) is 59.7 Å². The molecule has 0 atom stereocenters. The summed E-state index contributed by atoms with van der Waals surface area (Å²) in [7, 11) is 0. The van der Waals surface area contributed by atoms with Gasteiger partial charge in [0.05, 0.1) is 12.0 Å². The van der Waals surface area contributed by atoms with Crippen molar-refractivity contribution >= 4 is 5.91 Å². The van der Waals surface area contributed by atoms with Gasteiger partial charge in [0.25, 0.3) is 0 Å². The van der Waals surface area contributed by atoms with Gasteiger partial charge in [0.2, 0.25) is 5.91 Å². The number of amides is 1. The molecule has 0 aliphatic rings. The van der Waals surface area contributed by atoms with E-state index in [1.165, 1.54) is 6.07 Å². The molecule has 2 rings (SSSR count). The van der Waals surface area contributed by atoms with Gasteiger partial charge in [-0.3, -0.25) is 4.79 Å². The molecule has 104 valence electrons. The number of benzene rings is 2. The third-order valence-corrected chi connectivity index (χ3v) is 2.88. The zero-order valence-corrected chi connectivity index (χ0v) is 10.4. The van der Waals surface area contributed by atoms with E-state index in [0.29, 0.717) is 16.7 Å². The van der Waals surface area contributed by atoms with Gasteiger partial charge in [0, 0.05) is 0 Å². The zero-order valence-electron chi connectivity index (χ0n) is 10.4. The quantitative estimate of drug-likeness (QED) is 0.919. The van der Waals surface area contributed by atoms with E-state index in [0.717, 1.165) is 12.1 Å². The minimum atomic E-state index is -4.39. The predicted molar refractivity (Wildman–Crippen MR) is 69.8 cm³/mol. The average Bonchev–Trinajstić information content (AvgIpc) is 2.38. The van der Waals surface area contributed by atoms with E-state index in [4.69, 9.17) is 5.73 Å². The molecule has 0 fully saturated rings. The van der Waals surface area contributed by atoms with Gasteiger partial charge in [-0.05, 0) is 28.8 Å². The molecule has 0 aliphatic carbocycles. The summed E-state index contributed by atoms with van der Waals surface area (Å²) in [6, 6.07) is 11.8. The number of primary amides is 1. The second-order valence-corrected chi connectivity index (χ2v) is 4.38. The van der Waals surface area contributed by atoms with Crippen LogP contribution in [0, 0.1) is 0 Å². The van der Waals surface area contributed by atoms with Gasteiger partial charge in [-0.25, -0.2) is 0 Å². The Bertz CT molecular complexity index is 635. The van der Waals surface area contributed by atoms with Crippen LogP contribution in [0.4, 0.5) is 13.2 Å². The zero-order chi connectivity index (χ0) is 14.8. The van der Waals surface area contributed by atoms with Crippen LogP contribution in [0.5, 0.6) is 0 Å². The first kappa shape index (κ1) is 14.1. The lowest BCUT2D eigenvalue weighted by atomic mass is 9.96. The first-order valence-corrected chi connectivity index (χ1v) is 5.92. The Morgan fingerprint density at radius 1 is 1.05 bits per heavy atom. The summed E-state index contributed by atoms with van der Waals surface area (Å²) in [4.78, 5) is 11.0. The van der Waals surface area contributed by atoms with Crippen LogP contribution in [-0.4, -0.2) is 5.91 Å². The van der Waals surface area contributed by atoms with Crippen molar-refractivity contribution in [2.45, 2.75) is 12.6 Å². The van der Waals surface area contributed by atoms with Crippen molar-refractivity contribution in [2.24, 2.45) is 5.73 Å². The van der Waals surface area contributed by atoms with Gasteiger partial charge in [-0.15, -0.1) is 0 Å². The van der Waals surface area contributed by atoms with Crippen molar-refractivity contribution in [3.63, 3.8) is 0 Å². The van der Waals surface area contributed by atoms with Crippen LogP contribution in [0.25, 0.3) is 11.1 Å². The van der Waals surface area contributed by atoms with Gasteiger partial charge < -0.3 is 5.73 Å². The number of nitrogens with two attached hydrogens (primary N) is 1. The Balaban J connectivity index is 2.49. The van der Waals surface area contributed by atoms with Gasteiger partial charge in [0.1, 0.15) is 0 Å². The molecule has 0 aromatic heterocycles. The summed E-state index contributed by atoms with van der Waals surface area (Å²) >= 11 is 0. The average molecular weight is 279 g/mol. The molecule has 0 saturated carbocycles. The fraction of sp³-hybridized carbons (Fsp3) is 0.133. The molecule has 0 bridgehead atoms. The van der Waals surface area contributed by atoms with Crippen LogP contribution in [0.3, 0.4) is 0 Å². The topological polar surface area (TPSA) is 43.1 Å². The molecule has 2 nitrogen and oxygen atoms in total. The highest BCUT2D eigenvalue weighted by Crippen LogP contribution is 2.33. The van der Waals surface area contributed by atoms with E-state index >= 15 is 0 Å². The Kier molecular flexibility index (Phi) is 3.79. The molecule has 0 radical (unpaired) electrons. The minimum Gasteiger partial charge on any atom is -0.369 e. The number of hydrogen-bond acceptors (Lipinski definition) is 1. The molecule has 0 unspecified atom stereocenters. The summed E-state index contributed by atoms with van der Waals surface area (Å²) in [5.41, 5.74) is 6.04. The lowest BCUT2D eigenvalue weighted by molar-refractivity contribution is -0.137. The molecule has 0 spiro atoms. The third-order valence-electron chi connectivity index (χ3n) is 2.88. The molecule has 0 aliphatic heterocycles. The largest absolute Gasteiger partial charge is 0.416 e. The predicted octanol–water partition coefficient (Wildman–Crippen LogP) is 3.40. The van der Waals surface area contributed by atoms with E-state index in [1.807, 2.05) is 0 Å². The summed E-state index contributed by atoms with van der Waals surface area (Å²) in [6.07, 6.45) is -4.40. The molecular formula is C15H12F3NO. The van der Waals surface area contributed by atoms with E-state index in [1.54, 1.807) is 30.3 Å². The fourth-order valence-electron chi connectivity index (χ4n) is 2.01. The molecule has 5 heteroatoms. The van der Waals surface area contributed by atoms with Gasteiger partial charge in [-0.1, -0.05) is 36.4 Å². The van der Waals surface area contributed by atoms with Gasteiger partial charge in [0.15, 0.2) is 0 Å². The molecule has 2 aromatic carbocycles. The number of carbonyl (C=O) groups excluding carboxylic acids is 1. The fourth-order valence-corrected chi connectivity index (χ4v) is 2.01. The maximum atomic E-state index is 12.7. The van der Waals surface area contributed by atoms with Crippen LogP contribution in [0.1, 0.15) is 11.1 Å². The first-order valence-electron chi connectivity index (χ1n) is 5.92. The summed E-state index contributed by atoms with van der Waals surface area (Å²) in [5.74, 6) is -0.524. The van der Waals surface area contributed by atoms with E-state index in [2.05, 4.69) is 0 Å². The molecule has 1 amide bonds. The molecule has 2 N–H and O–H groups in total. The van der Waals surface area contributed by atoms with Crippen molar-refractivity contribution < 1.29 is 18.0 Å². The molecule has 20 heavy (non-hydrogen) atoms. The SMILES string of the molecule is NC(=O)Cc1ccccc1-c1cccc(C(F)(F)F)c1. The van der Waals surface area contributed by atoms with Gasteiger partial charge in [-0.2, -0.15) is 13.2 Å². The van der Waals surface area contributed by atoms with E-state index in [-0.39, 0.29) is 6.42 Å². The number of halogens is 3. The van der Waals surface area contributed by atoms with Gasteiger partial charge >= 0.3 is 6.18 Å². The molecule has 0 heterocycles. The second-order valence-electron chi connectivity index (χ2n) is 4.38. The number of carbonyl (C=O) groups is 1. The Morgan fingerprint density at radius 2 is 1.75 bits per heavy atom. The van der Waals surface area contributed by atoms with Crippen LogP contribution in [0.2, 0.25) is 0 Å². The van der Waals surface area contributed by atoms with Crippen LogP contribution in [0.15, 0.2) is 48.5 Å². The summed E-state index contributed by atoms with van der Waals surface area (Å²) in [5, 5.41) is 0. The van der Waals surface area contributed by atoms with Crippen molar-refractivity contribution in [2.75, 3.05) is 0 Å². The summed E-state index contributed by atoms with van der Waals surface area (Å²) < 4.78 is 38.2. The van der Waals surface area contributed by atoms with E-state index < -0.39 is 17.6 Å². The normalized spacial score (nSPS) is 11.3. The van der Waals surface area contributed by atoms with Crippen molar-refractivity contribution in [3.8, 4) is 11.1 Å². The Morgan fingerprint density at radius 3 is 2.40 bits per heavy atom.